The van der Waals surface area contributed by atoms with Crippen molar-refractivity contribution in [2.24, 2.45) is 0 Å². The number of benzene rings is 4. The molecule has 0 amide bonds. The number of alkyl halides is 2. The maximum absolute atomic E-state index is 13.3. The molecule has 0 radical (unpaired) electrons. The normalized spacial score (nSPS) is 17.7. The van der Waals surface area contributed by atoms with Gasteiger partial charge in [-0.3, -0.25) is 0 Å². The van der Waals surface area contributed by atoms with Crippen LogP contribution >= 0.6 is 8.53 Å². The molecule has 4 aromatic rings. The summed E-state index contributed by atoms with van der Waals surface area (Å²) in [4.78, 5) is 0. The second-order valence-corrected chi connectivity index (χ2v) is 15.0. The molecule has 13 heteroatoms. The minimum atomic E-state index is -2.99. The zero-order valence-corrected chi connectivity index (χ0v) is 33.6. The minimum Gasteiger partial charge on any atom is -0.497 e. The number of hydrogen-bond acceptors (Lipinski definition) is 10. The fourth-order valence-corrected chi connectivity index (χ4v) is 8.56. The van der Waals surface area contributed by atoms with Crippen LogP contribution in [0.25, 0.3) is 0 Å². The standard InChI is InChI=1S/C43H51F2N2O8P/c1-30(2)47(31(3)4)56(53-26-12-25-46)55-41-39(50-27-32-13-10-11-16-38(32)54-42(44)45)28-51-40(41)29-52-43(33-14-8-7-9-15-33,34-17-21-36(48-5)22-18-34)35-19-23-37(49-6)24-20-35/h7-11,13-24,30-31,39-42H,12,26-29H2,1-6H3/t39-,40+,41-,56?/m0/s1. The zero-order chi connectivity index (χ0) is 40.1. The summed E-state index contributed by atoms with van der Waals surface area (Å²) in [6, 6.07) is 34.2. The van der Waals surface area contributed by atoms with Gasteiger partial charge in [-0.05, 0) is 74.7 Å². The molecule has 4 aromatic carbocycles. The van der Waals surface area contributed by atoms with Crippen molar-refractivity contribution in [1.82, 2.24) is 4.67 Å². The van der Waals surface area contributed by atoms with Crippen LogP contribution in [-0.4, -0.2) is 75.7 Å². The second kappa shape index (κ2) is 20.8. The number of nitrogens with zero attached hydrogens (tertiary/aromatic N) is 2. The Labute approximate surface area is 330 Å². The van der Waals surface area contributed by atoms with E-state index in [2.05, 4.69) is 38.4 Å². The predicted octanol–water partition coefficient (Wildman–Crippen LogP) is 9.26. The fraction of sp³-hybridized carbons (Fsp3) is 0.419. The van der Waals surface area contributed by atoms with Gasteiger partial charge in [-0.25, -0.2) is 4.67 Å². The van der Waals surface area contributed by atoms with Gasteiger partial charge in [-0.2, -0.15) is 14.0 Å². The van der Waals surface area contributed by atoms with Crippen LogP contribution in [0.4, 0.5) is 8.78 Å². The highest BCUT2D eigenvalue weighted by atomic mass is 31.2. The highest BCUT2D eigenvalue weighted by Crippen LogP contribution is 2.50. The van der Waals surface area contributed by atoms with E-state index in [0.717, 1.165) is 16.7 Å². The molecule has 0 spiro atoms. The van der Waals surface area contributed by atoms with Gasteiger partial charge < -0.3 is 37.5 Å². The van der Waals surface area contributed by atoms with E-state index < -0.39 is 39.1 Å². The Morgan fingerprint density at radius 1 is 0.821 bits per heavy atom. The molecule has 0 N–H and O–H groups in total. The molecular formula is C43H51F2N2O8P. The number of hydrogen-bond donors (Lipinski definition) is 0. The maximum Gasteiger partial charge on any atom is 0.387 e. The first-order chi connectivity index (χ1) is 27.1. The second-order valence-electron chi connectivity index (χ2n) is 13.6. The average molecular weight is 793 g/mol. The average Bonchev–Trinajstić information content (AvgIpc) is 3.58. The molecule has 1 saturated heterocycles. The predicted molar refractivity (Wildman–Crippen MR) is 210 cm³/mol. The Bertz CT molecular complexity index is 1760. The Morgan fingerprint density at radius 3 is 1.95 bits per heavy atom. The van der Waals surface area contributed by atoms with Gasteiger partial charge in [-0.1, -0.05) is 72.8 Å². The van der Waals surface area contributed by atoms with E-state index in [4.69, 9.17) is 37.5 Å². The van der Waals surface area contributed by atoms with E-state index in [1.807, 2.05) is 78.9 Å². The summed E-state index contributed by atoms with van der Waals surface area (Å²) in [5.41, 5.74) is 1.89. The summed E-state index contributed by atoms with van der Waals surface area (Å²) < 4.78 is 77.9. The van der Waals surface area contributed by atoms with Gasteiger partial charge in [0.05, 0.1) is 53.1 Å². The van der Waals surface area contributed by atoms with Gasteiger partial charge in [0.15, 0.2) is 0 Å². The zero-order valence-electron chi connectivity index (χ0n) is 32.7. The van der Waals surface area contributed by atoms with E-state index in [0.29, 0.717) is 17.1 Å². The lowest BCUT2D eigenvalue weighted by Crippen LogP contribution is -2.42. The first-order valence-electron chi connectivity index (χ1n) is 18.6. The van der Waals surface area contributed by atoms with Crippen LogP contribution in [0.5, 0.6) is 17.2 Å². The first kappa shape index (κ1) is 43.0. The summed E-state index contributed by atoms with van der Waals surface area (Å²) in [5, 5.41) is 9.34. The molecule has 4 atom stereocenters. The van der Waals surface area contributed by atoms with Gasteiger partial charge in [0.1, 0.15) is 41.2 Å². The van der Waals surface area contributed by atoms with E-state index in [-0.39, 0.29) is 50.7 Å². The summed E-state index contributed by atoms with van der Waals surface area (Å²) >= 11 is 0. The van der Waals surface area contributed by atoms with Crippen LogP contribution < -0.4 is 14.2 Å². The Balaban J connectivity index is 1.55. The number of ether oxygens (including phenoxy) is 6. The topological polar surface area (TPSA) is 101 Å². The summed E-state index contributed by atoms with van der Waals surface area (Å²) in [5.74, 6) is 1.42. The van der Waals surface area contributed by atoms with Crippen LogP contribution in [0.2, 0.25) is 0 Å². The fourth-order valence-electron chi connectivity index (χ4n) is 6.78. The van der Waals surface area contributed by atoms with Crippen molar-refractivity contribution >= 4 is 8.53 Å². The SMILES string of the molecule is COc1ccc(C(OC[C@H]2OC[C@H](OCc3ccccc3OC(F)F)[C@@H]2OP(OCCC#N)N(C(C)C)C(C)C)(c2ccccc2)c2ccc(OC)cc2)cc1. The molecule has 0 aliphatic carbocycles. The van der Waals surface area contributed by atoms with Gasteiger partial charge in [0, 0.05) is 17.6 Å². The Hall–Kier alpha value is -4.18. The molecule has 0 saturated carbocycles. The van der Waals surface area contributed by atoms with Crippen LogP contribution in [0.15, 0.2) is 103 Å². The smallest absolute Gasteiger partial charge is 0.387 e. The third-order valence-electron chi connectivity index (χ3n) is 9.36. The molecule has 56 heavy (non-hydrogen) atoms. The third kappa shape index (κ3) is 10.6. The molecular weight excluding hydrogens is 741 g/mol. The lowest BCUT2D eigenvalue weighted by Gasteiger charge is -2.39. The number of rotatable bonds is 21. The summed E-state index contributed by atoms with van der Waals surface area (Å²) in [6.45, 7) is 5.56. The lowest BCUT2D eigenvalue weighted by molar-refractivity contribution is -0.0731. The van der Waals surface area contributed by atoms with E-state index in [1.165, 1.54) is 6.07 Å². The van der Waals surface area contributed by atoms with Crippen molar-refractivity contribution in [2.75, 3.05) is 34.0 Å². The first-order valence-corrected chi connectivity index (χ1v) is 19.7. The van der Waals surface area contributed by atoms with Crippen LogP contribution in [0, 0.1) is 11.3 Å². The van der Waals surface area contributed by atoms with E-state index in [1.54, 1.807) is 32.4 Å². The molecule has 0 bridgehead atoms. The van der Waals surface area contributed by atoms with Crippen LogP contribution in [0.3, 0.4) is 0 Å². The maximum atomic E-state index is 13.3. The number of methoxy groups -OCH3 is 2. The summed E-state index contributed by atoms with van der Waals surface area (Å²) in [7, 11) is 1.52. The molecule has 1 heterocycles. The van der Waals surface area contributed by atoms with Crippen molar-refractivity contribution in [2.45, 2.75) is 83.3 Å². The molecule has 5 rings (SSSR count). The van der Waals surface area contributed by atoms with Crippen molar-refractivity contribution < 1.29 is 46.2 Å². The molecule has 1 unspecified atom stereocenters. The third-order valence-corrected chi connectivity index (χ3v) is 11.5. The molecule has 1 aliphatic rings. The van der Waals surface area contributed by atoms with E-state index >= 15 is 0 Å². The van der Waals surface area contributed by atoms with Crippen LogP contribution in [-0.2, 0) is 35.5 Å². The molecule has 10 nitrogen and oxygen atoms in total. The van der Waals surface area contributed by atoms with Crippen LogP contribution in [0.1, 0.15) is 56.4 Å². The van der Waals surface area contributed by atoms with Gasteiger partial charge >= 0.3 is 6.61 Å². The quantitative estimate of drug-likeness (QED) is 0.0461. The summed E-state index contributed by atoms with van der Waals surface area (Å²) in [6.07, 6.45) is -1.86. The van der Waals surface area contributed by atoms with E-state index in [9.17, 15) is 14.0 Å². The Morgan fingerprint density at radius 2 is 1.39 bits per heavy atom. The molecule has 0 aromatic heterocycles. The van der Waals surface area contributed by atoms with Crippen molar-refractivity contribution in [3.05, 3.63) is 125 Å². The molecule has 300 valence electrons. The largest absolute Gasteiger partial charge is 0.497 e. The number of halogens is 2. The minimum absolute atomic E-state index is 0.0262. The van der Waals surface area contributed by atoms with Gasteiger partial charge in [-0.15, -0.1) is 0 Å². The van der Waals surface area contributed by atoms with Crippen molar-refractivity contribution in [1.29, 1.82) is 5.26 Å². The number of para-hydroxylation sites is 1. The Kier molecular flexibility index (Phi) is 16.0. The highest BCUT2D eigenvalue weighted by molar-refractivity contribution is 7.44. The van der Waals surface area contributed by atoms with Gasteiger partial charge in [0.2, 0.25) is 0 Å². The lowest BCUT2D eigenvalue weighted by atomic mass is 9.80. The van der Waals surface area contributed by atoms with Crippen molar-refractivity contribution in [3.63, 3.8) is 0 Å². The monoisotopic (exact) mass is 792 g/mol. The van der Waals surface area contributed by atoms with Gasteiger partial charge in [0.25, 0.3) is 8.53 Å². The molecule has 1 fully saturated rings. The van der Waals surface area contributed by atoms with Crippen molar-refractivity contribution in [3.8, 4) is 23.3 Å². The molecule has 1 aliphatic heterocycles. The highest BCUT2D eigenvalue weighted by Gasteiger charge is 2.46. The number of nitriles is 1.